The lowest BCUT2D eigenvalue weighted by Gasteiger charge is -2.10. The molecule has 0 amide bonds. The highest BCUT2D eigenvalue weighted by Gasteiger charge is 2.07. The average molecular weight is 382 g/mol. The zero-order valence-electron chi connectivity index (χ0n) is 15.9. The van der Waals surface area contributed by atoms with E-state index in [9.17, 15) is 4.39 Å². The largest absolute Gasteiger partial charge is 0.497 e. The number of nitrogens with one attached hydrogen (secondary N) is 3. The second kappa shape index (κ2) is 9.50. The van der Waals surface area contributed by atoms with Gasteiger partial charge < -0.3 is 15.4 Å². The van der Waals surface area contributed by atoms with Crippen LogP contribution in [0.4, 0.5) is 4.39 Å². The number of ether oxygens (including phenoxy) is 1. The average Bonchev–Trinajstić information content (AvgIpc) is 3.21. The molecule has 3 aromatic rings. The molecule has 0 radical (unpaired) electrons. The lowest BCUT2D eigenvalue weighted by atomic mass is 10.1. The van der Waals surface area contributed by atoms with Crippen LogP contribution in [0, 0.1) is 5.82 Å². The number of methoxy groups -OCH3 is 1. The minimum Gasteiger partial charge on any atom is -0.497 e. The molecular weight excluding hydrogens is 359 g/mol. The maximum Gasteiger partial charge on any atom is 0.191 e. The molecule has 3 rings (SSSR count). The molecule has 0 aliphatic rings. The van der Waals surface area contributed by atoms with Gasteiger partial charge in [0.05, 0.1) is 13.7 Å². The first kappa shape index (κ1) is 19.3. The van der Waals surface area contributed by atoms with E-state index in [0.29, 0.717) is 30.7 Å². The van der Waals surface area contributed by atoms with Crippen molar-refractivity contribution in [2.75, 3.05) is 20.7 Å². The number of aromatic nitrogens is 3. The summed E-state index contributed by atoms with van der Waals surface area (Å²) in [6.45, 7) is 1.14. The SMILES string of the molecule is CN=C(NCCc1ccc(F)cc1)NCc1nc(-c2ccc(OC)cc2)n[nH]1. The summed E-state index contributed by atoms with van der Waals surface area (Å²) in [5.41, 5.74) is 1.97. The molecule has 146 valence electrons. The Kier molecular flexibility index (Phi) is 6.56. The molecule has 3 N–H and O–H groups in total. The Morgan fingerprint density at radius 2 is 1.86 bits per heavy atom. The van der Waals surface area contributed by atoms with Gasteiger partial charge in [0.2, 0.25) is 0 Å². The van der Waals surface area contributed by atoms with E-state index in [-0.39, 0.29) is 5.82 Å². The van der Waals surface area contributed by atoms with Gasteiger partial charge in [0.15, 0.2) is 11.8 Å². The lowest BCUT2D eigenvalue weighted by Crippen LogP contribution is -2.38. The van der Waals surface area contributed by atoms with Crippen LogP contribution in [0.15, 0.2) is 53.5 Å². The van der Waals surface area contributed by atoms with Crippen LogP contribution in [0.25, 0.3) is 11.4 Å². The van der Waals surface area contributed by atoms with Crippen molar-refractivity contribution >= 4 is 5.96 Å². The topological polar surface area (TPSA) is 87.2 Å². The van der Waals surface area contributed by atoms with Crippen LogP contribution in [0.2, 0.25) is 0 Å². The third kappa shape index (κ3) is 5.29. The number of aliphatic imine (C=N–C) groups is 1. The third-order valence-corrected chi connectivity index (χ3v) is 4.15. The van der Waals surface area contributed by atoms with E-state index in [1.54, 1.807) is 26.3 Å². The molecule has 0 spiro atoms. The molecule has 0 unspecified atom stereocenters. The van der Waals surface area contributed by atoms with Gasteiger partial charge in [0, 0.05) is 19.2 Å². The summed E-state index contributed by atoms with van der Waals surface area (Å²) >= 11 is 0. The van der Waals surface area contributed by atoms with Crippen molar-refractivity contribution in [3.8, 4) is 17.1 Å². The molecule has 0 saturated heterocycles. The van der Waals surface area contributed by atoms with Gasteiger partial charge in [-0.1, -0.05) is 12.1 Å². The first-order valence-electron chi connectivity index (χ1n) is 8.92. The molecule has 2 aromatic carbocycles. The maximum absolute atomic E-state index is 12.9. The van der Waals surface area contributed by atoms with Crippen LogP contribution >= 0.6 is 0 Å². The Labute approximate surface area is 163 Å². The summed E-state index contributed by atoms with van der Waals surface area (Å²) in [5.74, 6) is 2.54. The van der Waals surface area contributed by atoms with Gasteiger partial charge in [-0.05, 0) is 48.4 Å². The van der Waals surface area contributed by atoms with E-state index < -0.39 is 0 Å². The Morgan fingerprint density at radius 1 is 1.11 bits per heavy atom. The second-order valence-electron chi connectivity index (χ2n) is 6.06. The van der Waals surface area contributed by atoms with Gasteiger partial charge in [-0.3, -0.25) is 10.1 Å². The van der Waals surface area contributed by atoms with E-state index in [0.717, 1.165) is 23.3 Å². The molecule has 1 aromatic heterocycles. The van der Waals surface area contributed by atoms with Gasteiger partial charge >= 0.3 is 0 Å². The first-order chi connectivity index (χ1) is 13.7. The highest BCUT2D eigenvalue weighted by atomic mass is 19.1. The van der Waals surface area contributed by atoms with Crippen LogP contribution in [-0.4, -0.2) is 41.8 Å². The number of benzene rings is 2. The van der Waals surface area contributed by atoms with Crippen LogP contribution in [0.5, 0.6) is 5.75 Å². The number of hydrogen-bond donors (Lipinski definition) is 3. The number of halogens is 1. The Hall–Kier alpha value is -3.42. The van der Waals surface area contributed by atoms with Crippen molar-refractivity contribution in [2.45, 2.75) is 13.0 Å². The van der Waals surface area contributed by atoms with Gasteiger partial charge in [0.1, 0.15) is 17.4 Å². The van der Waals surface area contributed by atoms with E-state index >= 15 is 0 Å². The molecule has 1 heterocycles. The number of H-pyrrole nitrogens is 1. The van der Waals surface area contributed by atoms with Crippen molar-refractivity contribution in [3.05, 3.63) is 65.7 Å². The summed E-state index contributed by atoms with van der Waals surface area (Å²) in [4.78, 5) is 8.68. The summed E-state index contributed by atoms with van der Waals surface area (Å²) < 4.78 is 18.1. The normalized spacial score (nSPS) is 11.3. The fourth-order valence-electron chi connectivity index (χ4n) is 2.61. The van der Waals surface area contributed by atoms with Crippen LogP contribution in [0.3, 0.4) is 0 Å². The predicted molar refractivity (Wildman–Crippen MR) is 107 cm³/mol. The summed E-state index contributed by atoms with van der Waals surface area (Å²) in [6.07, 6.45) is 0.769. The third-order valence-electron chi connectivity index (χ3n) is 4.15. The van der Waals surface area contributed by atoms with E-state index in [1.165, 1.54) is 12.1 Å². The lowest BCUT2D eigenvalue weighted by molar-refractivity contribution is 0.415. The number of hydrogen-bond acceptors (Lipinski definition) is 4. The fraction of sp³-hybridized carbons (Fsp3) is 0.250. The number of rotatable bonds is 7. The Morgan fingerprint density at radius 3 is 2.54 bits per heavy atom. The fourth-order valence-corrected chi connectivity index (χ4v) is 2.61. The van der Waals surface area contributed by atoms with Crippen molar-refractivity contribution in [3.63, 3.8) is 0 Å². The molecule has 0 saturated carbocycles. The van der Waals surface area contributed by atoms with Crippen molar-refractivity contribution in [1.82, 2.24) is 25.8 Å². The molecule has 0 aliphatic carbocycles. The zero-order valence-corrected chi connectivity index (χ0v) is 15.9. The van der Waals surface area contributed by atoms with Crippen molar-refractivity contribution < 1.29 is 9.13 Å². The summed E-state index contributed by atoms with van der Waals surface area (Å²) in [5, 5.41) is 13.6. The van der Waals surface area contributed by atoms with Gasteiger partial charge in [-0.2, -0.15) is 5.10 Å². The van der Waals surface area contributed by atoms with Crippen LogP contribution in [-0.2, 0) is 13.0 Å². The van der Waals surface area contributed by atoms with Crippen LogP contribution < -0.4 is 15.4 Å². The molecule has 0 atom stereocenters. The van der Waals surface area contributed by atoms with Crippen molar-refractivity contribution in [2.24, 2.45) is 4.99 Å². The standard InChI is InChI=1S/C20H23FN6O/c1-22-20(23-12-11-14-3-7-16(21)8-4-14)24-13-18-25-19(27-26-18)15-5-9-17(28-2)10-6-15/h3-10H,11-13H2,1-2H3,(H2,22,23,24)(H,25,26,27). The van der Waals surface area contributed by atoms with E-state index in [4.69, 9.17) is 4.74 Å². The molecule has 0 bridgehead atoms. The quantitative estimate of drug-likeness (QED) is 0.432. The minimum absolute atomic E-state index is 0.227. The smallest absolute Gasteiger partial charge is 0.191 e. The monoisotopic (exact) mass is 382 g/mol. The summed E-state index contributed by atoms with van der Waals surface area (Å²) in [7, 11) is 3.34. The van der Waals surface area contributed by atoms with E-state index in [2.05, 4.69) is 30.8 Å². The molecule has 8 heteroatoms. The van der Waals surface area contributed by atoms with Gasteiger partial charge in [-0.25, -0.2) is 9.37 Å². The molecule has 0 fully saturated rings. The maximum atomic E-state index is 12.9. The molecule has 7 nitrogen and oxygen atoms in total. The molecule has 28 heavy (non-hydrogen) atoms. The number of aromatic amines is 1. The summed E-state index contributed by atoms with van der Waals surface area (Å²) in [6, 6.07) is 14.1. The Balaban J connectivity index is 1.48. The zero-order chi connectivity index (χ0) is 19.8. The highest BCUT2D eigenvalue weighted by molar-refractivity contribution is 5.79. The first-order valence-corrected chi connectivity index (χ1v) is 8.92. The highest BCUT2D eigenvalue weighted by Crippen LogP contribution is 2.18. The van der Waals surface area contributed by atoms with Gasteiger partial charge in [-0.15, -0.1) is 0 Å². The second-order valence-corrected chi connectivity index (χ2v) is 6.06. The minimum atomic E-state index is -0.227. The number of nitrogens with zero attached hydrogens (tertiary/aromatic N) is 3. The predicted octanol–water partition coefficient (Wildman–Crippen LogP) is 2.53. The number of guanidine groups is 1. The van der Waals surface area contributed by atoms with Gasteiger partial charge in [0.25, 0.3) is 0 Å². The van der Waals surface area contributed by atoms with Crippen molar-refractivity contribution in [1.29, 1.82) is 0 Å². The molecular formula is C20H23FN6O. The van der Waals surface area contributed by atoms with Crippen LogP contribution in [0.1, 0.15) is 11.4 Å². The van der Waals surface area contributed by atoms with E-state index in [1.807, 2.05) is 24.3 Å². The Bertz CT molecular complexity index is 905. The molecule has 0 aliphatic heterocycles.